The highest BCUT2D eigenvalue weighted by molar-refractivity contribution is 5.38. The summed E-state index contributed by atoms with van der Waals surface area (Å²) in [5.41, 5.74) is 3.02. The van der Waals surface area contributed by atoms with Gasteiger partial charge in [-0.1, -0.05) is 26.0 Å². The van der Waals surface area contributed by atoms with Crippen molar-refractivity contribution in [2.75, 3.05) is 0 Å². The highest BCUT2D eigenvalue weighted by Crippen LogP contribution is 2.25. The van der Waals surface area contributed by atoms with E-state index in [1.165, 1.54) is 23.8 Å². The van der Waals surface area contributed by atoms with E-state index in [1.54, 1.807) is 0 Å². The quantitative estimate of drug-likeness (QED) is 0.814. The summed E-state index contributed by atoms with van der Waals surface area (Å²) in [5, 5.41) is 8.87. The smallest absolute Gasteiger partial charge is 0.129 e. The third kappa shape index (κ3) is 3.61. The van der Waals surface area contributed by atoms with Crippen molar-refractivity contribution in [1.82, 2.24) is 0 Å². The Hall–Kier alpha value is -2.34. The topological polar surface area (TPSA) is 33.0 Å². The molecule has 0 saturated heterocycles. The Bertz CT molecular complexity index is 686. The van der Waals surface area contributed by atoms with Gasteiger partial charge in [0, 0.05) is 5.56 Å². The number of halogens is 1. The molecule has 0 saturated carbocycles. The fourth-order valence-corrected chi connectivity index (χ4v) is 2.04. The van der Waals surface area contributed by atoms with Crippen LogP contribution in [-0.2, 0) is 6.61 Å². The molecule has 0 N–H and O–H groups in total. The first-order chi connectivity index (χ1) is 10.0. The van der Waals surface area contributed by atoms with Gasteiger partial charge in [-0.25, -0.2) is 4.39 Å². The Kier molecular flexibility index (Phi) is 4.59. The maximum atomic E-state index is 13.7. The maximum Gasteiger partial charge on any atom is 0.129 e. The second kappa shape index (κ2) is 6.41. The van der Waals surface area contributed by atoms with Gasteiger partial charge >= 0.3 is 0 Å². The van der Waals surface area contributed by atoms with Crippen LogP contribution in [0.25, 0.3) is 0 Å². The number of rotatable bonds is 4. The molecule has 0 atom stereocenters. The number of hydrogen-bond donors (Lipinski definition) is 0. The van der Waals surface area contributed by atoms with Gasteiger partial charge < -0.3 is 4.74 Å². The predicted molar refractivity (Wildman–Crippen MR) is 80.7 cm³/mol. The van der Waals surface area contributed by atoms with Crippen molar-refractivity contribution in [3.05, 3.63) is 64.5 Å². The Morgan fingerprint density at radius 2 is 1.95 bits per heavy atom. The number of benzene rings is 2. The van der Waals surface area contributed by atoms with Crippen LogP contribution in [0.3, 0.4) is 0 Å². The predicted octanol–water partition coefficient (Wildman–Crippen LogP) is 4.71. The zero-order valence-electron chi connectivity index (χ0n) is 12.5. The van der Waals surface area contributed by atoms with Gasteiger partial charge in [0.2, 0.25) is 0 Å². The Morgan fingerprint density at radius 1 is 1.19 bits per heavy atom. The van der Waals surface area contributed by atoms with Crippen molar-refractivity contribution in [3.8, 4) is 11.8 Å². The SMILES string of the molecule is Cc1ccc(C(C)C)cc1OCc1cc(C#N)ccc1F. The van der Waals surface area contributed by atoms with Gasteiger partial charge in [0.25, 0.3) is 0 Å². The lowest BCUT2D eigenvalue weighted by molar-refractivity contribution is 0.297. The molecule has 2 rings (SSSR count). The van der Waals surface area contributed by atoms with Crippen LogP contribution in [0, 0.1) is 24.1 Å². The minimum Gasteiger partial charge on any atom is -0.489 e. The fraction of sp³-hybridized carbons (Fsp3) is 0.278. The average Bonchev–Trinajstić information content (AvgIpc) is 2.47. The molecule has 0 bridgehead atoms. The van der Waals surface area contributed by atoms with Crippen molar-refractivity contribution in [2.45, 2.75) is 33.3 Å². The van der Waals surface area contributed by atoms with E-state index in [-0.39, 0.29) is 12.4 Å². The Balaban J connectivity index is 2.20. The van der Waals surface area contributed by atoms with Gasteiger partial charge in [0.05, 0.1) is 11.6 Å². The van der Waals surface area contributed by atoms with Crippen molar-refractivity contribution in [1.29, 1.82) is 5.26 Å². The van der Waals surface area contributed by atoms with Gasteiger partial charge in [-0.05, 0) is 48.2 Å². The zero-order valence-corrected chi connectivity index (χ0v) is 12.5. The minimum atomic E-state index is -0.355. The van der Waals surface area contributed by atoms with E-state index in [2.05, 4.69) is 19.9 Å². The summed E-state index contributed by atoms with van der Waals surface area (Å²) in [6.07, 6.45) is 0. The molecule has 0 spiro atoms. The number of hydrogen-bond acceptors (Lipinski definition) is 2. The molecule has 3 heteroatoms. The van der Waals surface area contributed by atoms with Gasteiger partial charge in [-0.15, -0.1) is 0 Å². The molecule has 0 radical (unpaired) electrons. The molecule has 0 fully saturated rings. The summed E-state index contributed by atoms with van der Waals surface area (Å²) in [6, 6.07) is 12.4. The van der Waals surface area contributed by atoms with Crippen molar-refractivity contribution in [2.24, 2.45) is 0 Å². The molecule has 2 nitrogen and oxygen atoms in total. The number of ether oxygens (including phenoxy) is 1. The normalized spacial score (nSPS) is 10.5. The molecule has 0 heterocycles. The van der Waals surface area contributed by atoms with E-state index in [9.17, 15) is 4.39 Å². The van der Waals surface area contributed by atoms with Crippen LogP contribution in [0.1, 0.15) is 42.0 Å². The minimum absolute atomic E-state index is 0.115. The molecular formula is C18H18FNO. The molecular weight excluding hydrogens is 265 g/mol. The summed E-state index contributed by atoms with van der Waals surface area (Å²) in [4.78, 5) is 0. The van der Waals surface area contributed by atoms with Gasteiger partial charge in [0.15, 0.2) is 0 Å². The Labute approximate surface area is 124 Å². The zero-order chi connectivity index (χ0) is 15.4. The largest absolute Gasteiger partial charge is 0.489 e. The number of nitrogens with zero attached hydrogens (tertiary/aromatic N) is 1. The van der Waals surface area contributed by atoms with E-state index in [4.69, 9.17) is 10.00 Å². The summed E-state index contributed by atoms with van der Waals surface area (Å²) in [7, 11) is 0. The van der Waals surface area contributed by atoms with Crippen molar-refractivity contribution in [3.63, 3.8) is 0 Å². The molecule has 0 aliphatic heterocycles. The van der Waals surface area contributed by atoms with Gasteiger partial charge in [-0.2, -0.15) is 5.26 Å². The molecule has 2 aromatic carbocycles. The maximum absolute atomic E-state index is 13.7. The number of aryl methyl sites for hydroxylation is 1. The summed E-state index contributed by atoms with van der Waals surface area (Å²) in [6.45, 7) is 6.31. The first-order valence-corrected chi connectivity index (χ1v) is 6.93. The lowest BCUT2D eigenvalue weighted by atomic mass is 10.0. The van der Waals surface area contributed by atoms with E-state index in [0.29, 0.717) is 17.0 Å². The molecule has 0 aliphatic rings. The average molecular weight is 283 g/mol. The van der Waals surface area contributed by atoms with Crippen LogP contribution in [-0.4, -0.2) is 0 Å². The standard InChI is InChI=1S/C18H18FNO/c1-12(2)15-6-4-13(3)18(9-15)21-11-16-8-14(10-20)5-7-17(16)19/h4-9,12H,11H2,1-3H3. The first-order valence-electron chi connectivity index (χ1n) is 6.93. The molecule has 0 aliphatic carbocycles. The second-order valence-electron chi connectivity index (χ2n) is 5.39. The van der Waals surface area contributed by atoms with Crippen LogP contribution >= 0.6 is 0 Å². The van der Waals surface area contributed by atoms with Gasteiger partial charge in [-0.3, -0.25) is 0 Å². The lowest BCUT2D eigenvalue weighted by Crippen LogP contribution is -2.01. The third-order valence-corrected chi connectivity index (χ3v) is 3.44. The van der Waals surface area contributed by atoms with Crippen LogP contribution in [0.4, 0.5) is 4.39 Å². The Morgan fingerprint density at radius 3 is 2.62 bits per heavy atom. The molecule has 21 heavy (non-hydrogen) atoms. The highest BCUT2D eigenvalue weighted by Gasteiger charge is 2.08. The van der Waals surface area contributed by atoms with E-state index >= 15 is 0 Å². The fourth-order valence-electron chi connectivity index (χ4n) is 2.04. The lowest BCUT2D eigenvalue weighted by Gasteiger charge is -2.13. The van der Waals surface area contributed by atoms with Gasteiger partial charge in [0.1, 0.15) is 18.2 Å². The monoisotopic (exact) mass is 283 g/mol. The molecule has 108 valence electrons. The van der Waals surface area contributed by atoms with Crippen molar-refractivity contribution >= 4 is 0 Å². The van der Waals surface area contributed by atoms with Crippen LogP contribution in [0.5, 0.6) is 5.75 Å². The summed E-state index contributed by atoms with van der Waals surface area (Å²) >= 11 is 0. The highest BCUT2D eigenvalue weighted by atomic mass is 19.1. The van der Waals surface area contributed by atoms with Crippen LogP contribution in [0.2, 0.25) is 0 Å². The molecule has 0 amide bonds. The van der Waals surface area contributed by atoms with Crippen LogP contribution in [0.15, 0.2) is 36.4 Å². The molecule has 0 aromatic heterocycles. The third-order valence-electron chi connectivity index (χ3n) is 3.44. The molecule has 0 unspecified atom stereocenters. The summed E-state index contributed by atoms with van der Waals surface area (Å²) in [5.74, 6) is 0.807. The number of nitriles is 1. The first kappa shape index (κ1) is 15.1. The van der Waals surface area contributed by atoms with E-state index < -0.39 is 0 Å². The van der Waals surface area contributed by atoms with Crippen LogP contribution < -0.4 is 4.74 Å². The van der Waals surface area contributed by atoms with Crippen molar-refractivity contribution < 1.29 is 9.13 Å². The van der Waals surface area contributed by atoms with E-state index in [0.717, 1.165) is 11.3 Å². The molecule has 2 aromatic rings. The summed E-state index contributed by atoms with van der Waals surface area (Å²) < 4.78 is 19.5. The second-order valence-corrected chi connectivity index (χ2v) is 5.39. The van der Waals surface area contributed by atoms with E-state index in [1.807, 2.05) is 25.1 Å².